The average molecular weight is 333 g/mol. The van der Waals surface area contributed by atoms with E-state index in [1.54, 1.807) is 12.1 Å². The first kappa shape index (κ1) is 16.5. The van der Waals surface area contributed by atoms with Gasteiger partial charge in [-0.05, 0) is 39.1 Å². The van der Waals surface area contributed by atoms with Gasteiger partial charge in [0.05, 0.1) is 16.0 Å². The van der Waals surface area contributed by atoms with Gasteiger partial charge < -0.3 is 9.64 Å². The highest BCUT2D eigenvalue weighted by Crippen LogP contribution is 2.29. The third-order valence-corrected chi connectivity index (χ3v) is 5.56. The van der Waals surface area contributed by atoms with E-state index in [0.717, 1.165) is 13.1 Å². The molecule has 118 valence electrons. The molecule has 0 bridgehead atoms. The van der Waals surface area contributed by atoms with Gasteiger partial charge in [0, 0.05) is 26.2 Å². The predicted molar refractivity (Wildman–Crippen MR) is 83.5 cm³/mol. The third-order valence-electron chi connectivity index (χ3n) is 3.37. The molecule has 21 heavy (non-hydrogen) atoms. The number of halogens is 1. The van der Waals surface area contributed by atoms with Gasteiger partial charge in [-0.25, -0.2) is 8.42 Å². The van der Waals surface area contributed by atoms with E-state index < -0.39 is 10.0 Å². The van der Waals surface area contributed by atoms with E-state index in [0.29, 0.717) is 23.9 Å². The van der Waals surface area contributed by atoms with E-state index >= 15 is 0 Å². The van der Waals surface area contributed by atoms with Gasteiger partial charge in [0.1, 0.15) is 5.75 Å². The van der Waals surface area contributed by atoms with Gasteiger partial charge >= 0.3 is 0 Å². The third kappa shape index (κ3) is 3.88. The predicted octanol–water partition coefficient (Wildman–Crippen LogP) is 2.06. The monoisotopic (exact) mass is 332 g/mol. The minimum atomic E-state index is -3.49. The molecule has 5 nitrogen and oxygen atoms in total. The Balaban J connectivity index is 2.22. The summed E-state index contributed by atoms with van der Waals surface area (Å²) in [7, 11) is -1.50. The number of piperazine rings is 1. The van der Waals surface area contributed by atoms with Gasteiger partial charge in [-0.2, -0.15) is 4.31 Å². The molecule has 0 amide bonds. The Bertz CT molecular complexity index is 596. The van der Waals surface area contributed by atoms with E-state index in [4.69, 9.17) is 16.3 Å². The summed E-state index contributed by atoms with van der Waals surface area (Å²) in [5.74, 6) is 0.504. The number of hydrogen-bond donors (Lipinski definition) is 0. The summed E-state index contributed by atoms with van der Waals surface area (Å²) in [5, 5.41) is 0.318. The molecular formula is C14H21ClN2O3S. The molecule has 1 heterocycles. The zero-order chi connectivity index (χ0) is 15.6. The molecule has 0 aliphatic carbocycles. The summed E-state index contributed by atoms with van der Waals surface area (Å²) < 4.78 is 32.2. The van der Waals surface area contributed by atoms with Crippen molar-refractivity contribution in [2.75, 3.05) is 33.2 Å². The Hall–Kier alpha value is -0.820. The van der Waals surface area contributed by atoms with Crippen LogP contribution in [-0.4, -0.2) is 57.0 Å². The SMILES string of the molecule is CC(C)Oc1ccc(S(=O)(=O)N2CCN(C)CC2)cc1Cl. The molecule has 1 saturated heterocycles. The molecule has 1 aliphatic rings. The molecule has 0 N–H and O–H groups in total. The van der Waals surface area contributed by atoms with Gasteiger partial charge in [-0.1, -0.05) is 11.6 Å². The summed E-state index contributed by atoms with van der Waals surface area (Å²) in [6, 6.07) is 4.63. The second-order valence-electron chi connectivity index (χ2n) is 5.47. The van der Waals surface area contributed by atoms with Crippen LogP contribution in [0.15, 0.2) is 23.1 Å². The number of sulfonamides is 1. The van der Waals surface area contributed by atoms with Crippen molar-refractivity contribution in [2.24, 2.45) is 0 Å². The van der Waals surface area contributed by atoms with Gasteiger partial charge in [0.25, 0.3) is 0 Å². The number of rotatable bonds is 4. The van der Waals surface area contributed by atoms with Crippen LogP contribution in [0, 0.1) is 0 Å². The lowest BCUT2D eigenvalue weighted by atomic mass is 10.3. The highest BCUT2D eigenvalue weighted by atomic mass is 35.5. The Kier molecular flexibility index (Phi) is 5.14. The zero-order valence-electron chi connectivity index (χ0n) is 12.5. The Morgan fingerprint density at radius 3 is 2.33 bits per heavy atom. The molecule has 1 aromatic carbocycles. The molecule has 1 fully saturated rings. The number of nitrogens with zero attached hydrogens (tertiary/aromatic N) is 2. The molecule has 1 aliphatic heterocycles. The van der Waals surface area contributed by atoms with Crippen LogP contribution in [0.1, 0.15) is 13.8 Å². The maximum Gasteiger partial charge on any atom is 0.243 e. The molecule has 7 heteroatoms. The summed E-state index contributed by atoms with van der Waals surface area (Å²) in [6.07, 6.45) is -0.0115. The quantitative estimate of drug-likeness (QED) is 0.847. The van der Waals surface area contributed by atoms with Crippen LogP contribution in [0.3, 0.4) is 0 Å². The molecule has 0 spiro atoms. The average Bonchev–Trinajstić information content (AvgIpc) is 2.41. The topological polar surface area (TPSA) is 49.9 Å². The van der Waals surface area contributed by atoms with Crippen LogP contribution in [0.4, 0.5) is 0 Å². The largest absolute Gasteiger partial charge is 0.489 e. The van der Waals surface area contributed by atoms with Gasteiger partial charge in [-0.3, -0.25) is 0 Å². The van der Waals surface area contributed by atoms with Crippen molar-refractivity contribution in [1.29, 1.82) is 0 Å². The zero-order valence-corrected chi connectivity index (χ0v) is 14.1. The van der Waals surface area contributed by atoms with E-state index in [9.17, 15) is 8.42 Å². The Morgan fingerprint density at radius 2 is 1.81 bits per heavy atom. The number of hydrogen-bond acceptors (Lipinski definition) is 4. The molecule has 0 radical (unpaired) electrons. The van der Waals surface area contributed by atoms with E-state index in [1.807, 2.05) is 20.9 Å². The van der Waals surface area contributed by atoms with Crippen LogP contribution in [0.2, 0.25) is 5.02 Å². The molecule has 0 saturated carbocycles. The van der Waals surface area contributed by atoms with Crippen molar-refractivity contribution in [3.8, 4) is 5.75 Å². The van der Waals surface area contributed by atoms with E-state index in [1.165, 1.54) is 10.4 Å². The van der Waals surface area contributed by atoms with Crippen molar-refractivity contribution in [3.05, 3.63) is 23.2 Å². The minimum Gasteiger partial charge on any atom is -0.489 e. The number of ether oxygens (including phenoxy) is 1. The maximum atomic E-state index is 12.6. The molecule has 2 rings (SSSR count). The number of likely N-dealkylation sites (N-methyl/N-ethyl adjacent to an activating group) is 1. The van der Waals surface area contributed by atoms with Crippen molar-refractivity contribution < 1.29 is 13.2 Å². The summed E-state index contributed by atoms with van der Waals surface area (Å²) in [6.45, 7) is 6.26. The second-order valence-corrected chi connectivity index (χ2v) is 7.81. The summed E-state index contributed by atoms with van der Waals surface area (Å²) in [4.78, 5) is 2.33. The van der Waals surface area contributed by atoms with Gasteiger partial charge in [0.2, 0.25) is 10.0 Å². The first-order chi connectivity index (χ1) is 9.80. The molecular weight excluding hydrogens is 312 g/mol. The van der Waals surface area contributed by atoms with Crippen LogP contribution < -0.4 is 4.74 Å². The standard InChI is InChI=1S/C14H21ClN2O3S/c1-11(2)20-14-5-4-12(10-13(14)15)21(18,19)17-8-6-16(3)7-9-17/h4-5,10-11H,6-9H2,1-3H3. The van der Waals surface area contributed by atoms with Crippen molar-refractivity contribution in [3.63, 3.8) is 0 Å². The molecule has 0 atom stereocenters. The Morgan fingerprint density at radius 1 is 1.19 bits per heavy atom. The van der Waals surface area contributed by atoms with Crippen LogP contribution in [0.25, 0.3) is 0 Å². The first-order valence-corrected chi connectivity index (χ1v) is 8.77. The van der Waals surface area contributed by atoms with Gasteiger partial charge in [-0.15, -0.1) is 0 Å². The normalized spacial score (nSPS) is 18.1. The minimum absolute atomic E-state index is 0.0115. The van der Waals surface area contributed by atoms with Gasteiger partial charge in [0.15, 0.2) is 0 Å². The highest BCUT2D eigenvalue weighted by molar-refractivity contribution is 7.89. The number of benzene rings is 1. The van der Waals surface area contributed by atoms with Crippen LogP contribution in [-0.2, 0) is 10.0 Å². The fraction of sp³-hybridized carbons (Fsp3) is 0.571. The van der Waals surface area contributed by atoms with Crippen molar-refractivity contribution in [2.45, 2.75) is 24.8 Å². The maximum absolute atomic E-state index is 12.6. The molecule has 0 unspecified atom stereocenters. The smallest absolute Gasteiger partial charge is 0.243 e. The van der Waals surface area contributed by atoms with E-state index in [2.05, 4.69) is 4.90 Å². The summed E-state index contributed by atoms with van der Waals surface area (Å²) in [5.41, 5.74) is 0. The second kappa shape index (κ2) is 6.52. The first-order valence-electron chi connectivity index (χ1n) is 6.95. The molecule has 0 aromatic heterocycles. The lowest BCUT2D eigenvalue weighted by Crippen LogP contribution is -2.47. The lowest BCUT2D eigenvalue weighted by molar-refractivity contribution is 0.222. The highest BCUT2D eigenvalue weighted by Gasteiger charge is 2.28. The lowest BCUT2D eigenvalue weighted by Gasteiger charge is -2.31. The Labute approximate surface area is 131 Å². The molecule has 1 aromatic rings. The van der Waals surface area contributed by atoms with Crippen molar-refractivity contribution in [1.82, 2.24) is 9.21 Å². The summed E-state index contributed by atoms with van der Waals surface area (Å²) >= 11 is 6.13. The van der Waals surface area contributed by atoms with Crippen molar-refractivity contribution >= 4 is 21.6 Å². The fourth-order valence-electron chi connectivity index (χ4n) is 2.17. The van der Waals surface area contributed by atoms with Crippen LogP contribution in [0.5, 0.6) is 5.75 Å². The van der Waals surface area contributed by atoms with E-state index in [-0.39, 0.29) is 11.0 Å². The van der Waals surface area contributed by atoms with Crippen LogP contribution >= 0.6 is 11.6 Å². The fourth-order valence-corrected chi connectivity index (χ4v) is 3.91.